The summed E-state index contributed by atoms with van der Waals surface area (Å²) in [6.45, 7) is 3.44. The minimum atomic E-state index is -1.08. The highest BCUT2D eigenvalue weighted by molar-refractivity contribution is 5.77. The zero-order chi connectivity index (χ0) is 13.7. The van der Waals surface area contributed by atoms with Gasteiger partial charge in [-0.1, -0.05) is 0 Å². The number of anilines is 1. The van der Waals surface area contributed by atoms with Gasteiger partial charge in [-0.3, -0.25) is 0 Å². The summed E-state index contributed by atoms with van der Waals surface area (Å²) in [6.07, 6.45) is 0. The van der Waals surface area contributed by atoms with E-state index < -0.39 is 12.0 Å². The second kappa shape index (κ2) is 5.93. The Morgan fingerprint density at radius 1 is 1.56 bits per heavy atom. The molecule has 0 spiro atoms. The number of carbonyl (C=O) groups is 1. The molecule has 0 fully saturated rings. The molecule has 1 aromatic rings. The molecule has 96 valence electrons. The number of nitrogens with one attached hydrogen (secondary N) is 1. The molecule has 0 saturated carbocycles. The maximum absolute atomic E-state index is 11.0. The Morgan fingerprint density at radius 2 is 2.22 bits per heavy atom. The van der Waals surface area contributed by atoms with Gasteiger partial charge in [0.15, 0.2) is 5.82 Å². The van der Waals surface area contributed by atoms with E-state index in [9.17, 15) is 4.79 Å². The molecule has 7 heteroatoms. The number of aryl methyl sites for hydroxylation is 1. The molecule has 18 heavy (non-hydrogen) atoms. The van der Waals surface area contributed by atoms with Crippen molar-refractivity contribution in [2.45, 2.75) is 19.9 Å². The first kappa shape index (κ1) is 13.9. The van der Waals surface area contributed by atoms with Crippen LogP contribution in [0.5, 0.6) is 0 Å². The smallest absolute Gasteiger partial charge is 0.328 e. The number of aromatic nitrogens is 2. The van der Waals surface area contributed by atoms with Crippen LogP contribution in [-0.4, -0.2) is 41.0 Å². The lowest BCUT2D eigenvalue weighted by Crippen LogP contribution is -2.34. The SMILES string of the molecule is COCC(Nc1nnc(C)c(C)c1C#N)C(=O)O. The molecular weight excluding hydrogens is 236 g/mol. The quantitative estimate of drug-likeness (QED) is 0.782. The molecule has 1 unspecified atom stereocenters. The summed E-state index contributed by atoms with van der Waals surface area (Å²) in [5, 5.41) is 28.4. The summed E-state index contributed by atoms with van der Waals surface area (Å²) in [5.41, 5.74) is 1.61. The fourth-order valence-electron chi connectivity index (χ4n) is 1.35. The van der Waals surface area contributed by atoms with Gasteiger partial charge in [0.25, 0.3) is 0 Å². The lowest BCUT2D eigenvalue weighted by Gasteiger charge is -2.15. The summed E-state index contributed by atoms with van der Waals surface area (Å²) < 4.78 is 4.79. The molecular formula is C11H14N4O3. The van der Waals surface area contributed by atoms with E-state index in [-0.39, 0.29) is 12.4 Å². The number of rotatable bonds is 5. The van der Waals surface area contributed by atoms with E-state index >= 15 is 0 Å². The second-order valence-corrected chi connectivity index (χ2v) is 3.74. The molecule has 7 nitrogen and oxygen atoms in total. The number of aliphatic carboxylic acids is 1. The molecule has 1 rings (SSSR count). The fraction of sp³-hybridized carbons (Fsp3) is 0.455. The minimum Gasteiger partial charge on any atom is -0.480 e. The first-order valence-electron chi connectivity index (χ1n) is 5.23. The van der Waals surface area contributed by atoms with Crippen LogP contribution in [0.2, 0.25) is 0 Å². The summed E-state index contributed by atoms with van der Waals surface area (Å²) >= 11 is 0. The summed E-state index contributed by atoms with van der Waals surface area (Å²) in [6, 6.07) is 1.02. The van der Waals surface area contributed by atoms with Crippen LogP contribution in [0.1, 0.15) is 16.8 Å². The van der Waals surface area contributed by atoms with Crippen molar-refractivity contribution in [3.63, 3.8) is 0 Å². The maximum Gasteiger partial charge on any atom is 0.328 e. The highest BCUT2D eigenvalue weighted by atomic mass is 16.5. The van der Waals surface area contributed by atoms with Crippen LogP contribution in [0, 0.1) is 25.2 Å². The van der Waals surface area contributed by atoms with Crippen LogP contribution < -0.4 is 5.32 Å². The molecule has 0 amide bonds. The van der Waals surface area contributed by atoms with Crippen molar-refractivity contribution >= 4 is 11.8 Å². The molecule has 0 aliphatic rings. The Hall–Kier alpha value is -2.20. The Bertz CT molecular complexity index is 496. The average molecular weight is 250 g/mol. The second-order valence-electron chi connectivity index (χ2n) is 3.74. The molecule has 0 saturated heterocycles. The third kappa shape index (κ3) is 2.93. The lowest BCUT2D eigenvalue weighted by molar-refractivity contribution is -0.139. The monoisotopic (exact) mass is 250 g/mol. The zero-order valence-corrected chi connectivity index (χ0v) is 10.4. The number of methoxy groups -OCH3 is 1. The number of hydrogen-bond donors (Lipinski definition) is 2. The van der Waals surface area contributed by atoms with Gasteiger partial charge in [0, 0.05) is 7.11 Å². The molecule has 1 heterocycles. The molecule has 0 aliphatic carbocycles. The maximum atomic E-state index is 11.0. The van der Waals surface area contributed by atoms with Crippen molar-refractivity contribution < 1.29 is 14.6 Å². The van der Waals surface area contributed by atoms with E-state index in [0.717, 1.165) is 0 Å². The molecule has 0 aliphatic heterocycles. The van der Waals surface area contributed by atoms with Gasteiger partial charge >= 0.3 is 5.97 Å². The van der Waals surface area contributed by atoms with Crippen LogP contribution in [-0.2, 0) is 9.53 Å². The lowest BCUT2D eigenvalue weighted by atomic mass is 10.1. The molecule has 2 N–H and O–H groups in total. The van der Waals surface area contributed by atoms with Gasteiger partial charge in [-0.05, 0) is 19.4 Å². The van der Waals surface area contributed by atoms with Gasteiger partial charge in [-0.2, -0.15) is 10.4 Å². The van der Waals surface area contributed by atoms with Crippen molar-refractivity contribution in [1.29, 1.82) is 5.26 Å². The Balaban J connectivity index is 3.07. The summed E-state index contributed by atoms with van der Waals surface area (Å²) in [7, 11) is 1.40. The van der Waals surface area contributed by atoms with Crippen LogP contribution >= 0.6 is 0 Å². The van der Waals surface area contributed by atoms with E-state index in [1.165, 1.54) is 7.11 Å². The number of carboxylic acid groups (broad SMARTS) is 1. The normalized spacial score (nSPS) is 11.7. The number of nitriles is 1. The minimum absolute atomic E-state index is 0.0329. The predicted molar refractivity (Wildman–Crippen MR) is 63.1 cm³/mol. The van der Waals surface area contributed by atoms with E-state index in [2.05, 4.69) is 15.5 Å². The number of carboxylic acids is 1. The first-order valence-corrected chi connectivity index (χ1v) is 5.23. The van der Waals surface area contributed by atoms with Gasteiger partial charge in [0.2, 0.25) is 0 Å². The van der Waals surface area contributed by atoms with Gasteiger partial charge in [-0.15, -0.1) is 5.10 Å². The topological polar surface area (TPSA) is 108 Å². The van der Waals surface area contributed by atoms with Gasteiger partial charge in [0.05, 0.1) is 12.3 Å². The summed E-state index contributed by atoms with van der Waals surface area (Å²) in [5.74, 6) is -0.925. The Kier molecular flexibility index (Phi) is 4.57. The predicted octanol–water partition coefficient (Wildman–Crippen LogP) is 0.477. The number of nitrogens with zero attached hydrogens (tertiary/aromatic N) is 3. The highest BCUT2D eigenvalue weighted by Crippen LogP contribution is 2.17. The van der Waals surface area contributed by atoms with Crippen molar-refractivity contribution in [3.05, 3.63) is 16.8 Å². The largest absolute Gasteiger partial charge is 0.480 e. The molecule has 1 aromatic heterocycles. The van der Waals surface area contributed by atoms with Gasteiger partial charge in [-0.25, -0.2) is 4.79 Å². The van der Waals surface area contributed by atoms with Gasteiger partial charge in [0.1, 0.15) is 17.7 Å². The van der Waals surface area contributed by atoms with Crippen molar-refractivity contribution in [1.82, 2.24) is 10.2 Å². The molecule has 0 bridgehead atoms. The van der Waals surface area contributed by atoms with Gasteiger partial charge < -0.3 is 15.2 Å². The first-order chi connectivity index (χ1) is 8.51. The van der Waals surface area contributed by atoms with E-state index in [4.69, 9.17) is 15.1 Å². The molecule has 0 aromatic carbocycles. The third-order valence-corrected chi connectivity index (χ3v) is 2.51. The standard InChI is InChI=1S/C11H14N4O3/c1-6-7(2)14-15-10(8(6)4-12)13-9(5-18-3)11(16)17/h9H,5H2,1-3H3,(H,13,15)(H,16,17). The van der Waals surface area contributed by atoms with Crippen molar-refractivity contribution in [2.24, 2.45) is 0 Å². The van der Waals surface area contributed by atoms with E-state index in [0.29, 0.717) is 16.8 Å². The van der Waals surface area contributed by atoms with Crippen LogP contribution in [0.4, 0.5) is 5.82 Å². The third-order valence-electron chi connectivity index (χ3n) is 2.51. The highest BCUT2D eigenvalue weighted by Gasteiger charge is 2.20. The van der Waals surface area contributed by atoms with Crippen molar-refractivity contribution in [3.8, 4) is 6.07 Å². The zero-order valence-electron chi connectivity index (χ0n) is 10.4. The summed E-state index contributed by atoms with van der Waals surface area (Å²) in [4.78, 5) is 11.0. The Morgan fingerprint density at radius 3 is 2.72 bits per heavy atom. The fourth-order valence-corrected chi connectivity index (χ4v) is 1.35. The van der Waals surface area contributed by atoms with Crippen LogP contribution in [0.25, 0.3) is 0 Å². The Labute approximate surface area is 104 Å². The average Bonchev–Trinajstić information content (AvgIpc) is 2.33. The number of hydrogen-bond acceptors (Lipinski definition) is 6. The molecule has 0 radical (unpaired) electrons. The number of ether oxygens (including phenoxy) is 1. The molecule has 1 atom stereocenters. The van der Waals surface area contributed by atoms with Crippen LogP contribution in [0.3, 0.4) is 0 Å². The van der Waals surface area contributed by atoms with Crippen LogP contribution in [0.15, 0.2) is 0 Å². The van der Waals surface area contributed by atoms with E-state index in [1.807, 2.05) is 6.07 Å². The van der Waals surface area contributed by atoms with Crippen molar-refractivity contribution in [2.75, 3.05) is 19.0 Å². The van der Waals surface area contributed by atoms with E-state index in [1.54, 1.807) is 13.8 Å².